The first-order valence-electron chi connectivity index (χ1n) is 17.3. The number of hydrogen-bond donors (Lipinski definition) is 1. The molecule has 248 valence electrons. The van der Waals surface area contributed by atoms with E-state index in [1.807, 2.05) is 68.1 Å². The first-order valence-corrected chi connectivity index (χ1v) is 17.3. The molecule has 10 nitrogen and oxygen atoms in total. The second kappa shape index (κ2) is 14.2. The maximum Gasteiger partial charge on any atom is 0.229 e. The summed E-state index contributed by atoms with van der Waals surface area (Å²) in [6.45, 7) is 3.97. The van der Waals surface area contributed by atoms with Gasteiger partial charge in [-0.15, -0.1) is 0 Å². The van der Waals surface area contributed by atoms with E-state index in [-0.39, 0.29) is 23.2 Å². The van der Waals surface area contributed by atoms with Crippen LogP contribution in [0.4, 0.5) is 5.82 Å². The van der Waals surface area contributed by atoms with Crippen molar-refractivity contribution in [2.24, 2.45) is 24.3 Å². The summed E-state index contributed by atoms with van der Waals surface area (Å²) in [6.07, 6.45) is 15.3. The number of aromatic nitrogens is 5. The number of anilines is 1. The monoisotopic (exact) mass is 644 g/mol. The van der Waals surface area contributed by atoms with Crippen molar-refractivity contribution in [2.75, 3.05) is 31.2 Å². The molecule has 3 fully saturated rings. The van der Waals surface area contributed by atoms with Gasteiger partial charge in [-0.2, -0.15) is 10.4 Å². The van der Waals surface area contributed by atoms with Gasteiger partial charge in [0.15, 0.2) is 0 Å². The van der Waals surface area contributed by atoms with Crippen LogP contribution in [0.25, 0.3) is 11.1 Å². The summed E-state index contributed by atoms with van der Waals surface area (Å²) in [7, 11) is 1.90. The first kappa shape index (κ1) is 32.0. The van der Waals surface area contributed by atoms with Gasteiger partial charge >= 0.3 is 0 Å². The average molecular weight is 645 g/mol. The molecule has 1 amide bonds. The Hall–Kier alpha value is -4.62. The highest BCUT2D eigenvalue weighted by Crippen LogP contribution is 2.42. The van der Waals surface area contributed by atoms with Gasteiger partial charge in [-0.1, -0.05) is 36.4 Å². The Morgan fingerprint density at radius 1 is 1.02 bits per heavy atom. The summed E-state index contributed by atoms with van der Waals surface area (Å²) in [5.74, 6) is 1.91. The van der Waals surface area contributed by atoms with Crippen LogP contribution in [-0.4, -0.2) is 56.9 Å². The minimum atomic E-state index is -0.331. The number of nitriles is 1. The fraction of sp³-hybridized carbons (Fsp3) is 0.474. The Morgan fingerprint density at radius 2 is 1.83 bits per heavy atom. The van der Waals surface area contributed by atoms with E-state index < -0.39 is 0 Å². The van der Waals surface area contributed by atoms with Gasteiger partial charge in [0.25, 0.3) is 0 Å². The summed E-state index contributed by atoms with van der Waals surface area (Å²) in [5.41, 5.74) is 4.70. The highest BCUT2D eigenvalue weighted by molar-refractivity contribution is 5.83. The van der Waals surface area contributed by atoms with Gasteiger partial charge in [-0.25, -0.2) is 9.97 Å². The van der Waals surface area contributed by atoms with E-state index in [1.54, 1.807) is 10.9 Å². The minimum absolute atomic E-state index is 0.0249. The van der Waals surface area contributed by atoms with E-state index in [2.05, 4.69) is 26.4 Å². The molecular formula is C38H44N8O2. The number of nitrogens with zero attached hydrogens (tertiary/aromatic N) is 7. The fourth-order valence-corrected chi connectivity index (χ4v) is 7.95. The molecule has 48 heavy (non-hydrogen) atoms. The van der Waals surface area contributed by atoms with Crippen molar-refractivity contribution >= 4 is 11.7 Å². The summed E-state index contributed by atoms with van der Waals surface area (Å²) >= 11 is 0. The Labute approximate surface area is 282 Å². The highest BCUT2D eigenvalue weighted by atomic mass is 16.5. The molecule has 10 heteroatoms. The smallest absolute Gasteiger partial charge is 0.229 e. The predicted molar refractivity (Wildman–Crippen MR) is 183 cm³/mol. The maximum absolute atomic E-state index is 13.9. The molecule has 2 saturated heterocycles. The third kappa shape index (κ3) is 7.12. The van der Waals surface area contributed by atoms with Crippen molar-refractivity contribution in [3.05, 3.63) is 89.9 Å². The maximum atomic E-state index is 13.9. The van der Waals surface area contributed by atoms with Crippen molar-refractivity contribution < 1.29 is 9.53 Å². The van der Waals surface area contributed by atoms with Gasteiger partial charge in [-0.3, -0.25) is 14.5 Å². The number of aryl methyl sites for hydroxylation is 1. The molecule has 1 aromatic carbocycles. The van der Waals surface area contributed by atoms with E-state index in [0.717, 1.165) is 112 Å². The molecule has 2 aliphatic heterocycles. The van der Waals surface area contributed by atoms with Crippen molar-refractivity contribution in [1.29, 1.82) is 5.26 Å². The molecule has 1 unspecified atom stereocenters. The standard InChI is InChI=1S/C38H44N8O2/c1-45-25-32(24-43-45)30-11-12-33(40-22-30)35(37(47)42-21-28-5-3-2-4-6-28)29-9-7-27(8-10-29)19-34-41-23-31(20-39)36(44-34)46-16-13-38(26-46)14-17-48-18-15-38/h2-6,11-12,22-25,27,29,35H,7-10,13-19,21,26H2,1H3,(H,42,47). The van der Waals surface area contributed by atoms with Crippen LogP contribution >= 0.6 is 0 Å². The third-order valence-corrected chi connectivity index (χ3v) is 10.8. The zero-order valence-electron chi connectivity index (χ0n) is 27.7. The molecule has 5 heterocycles. The Kier molecular flexibility index (Phi) is 9.48. The van der Waals surface area contributed by atoms with Gasteiger partial charge in [0, 0.05) is 69.8 Å². The number of carbonyl (C=O) groups excluding carboxylic acids is 1. The normalized spacial score (nSPS) is 21.1. The number of rotatable bonds is 9. The quantitative estimate of drug-likeness (QED) is 0.250. The number of ether oxygens (including phenoxy) is 1. The molecule has 3 aromatic heterocycles. The van der Waals surface area contributed by atoms with Gasteiger partial charge < -0.3 is 15.0 Å². The Morgan fingerprint density at radius 3 is 2.54 bits per heavy atom. The number of amides is 1. The molecule has 0 bridgehead atoms. The van der Waals surface area contributed by atoms with Crippen LogP contribution in [0.15, 0.2) is 67.3 Å². The lowest BCUT2D eigenvalue weighted by Crippen LogP contribution is -2.35. The van der Waals surface area contributed by atoms with Crippen molar-refractivity contribution in [2.45, 2.75) is 63.8 Å². The van der Waals surface area contributed by atoms with Gasteiger partial charge in [0.05, 0.1) is 24.0 Å². The molecule has 0 radical (unpaired) electrons. The van der Waals surface area contributed by atoms with E-state index >= 15 is 0 Å². The molecule has 1 spiro atoms. The Bertz CT molecular complexity index is 1730. The van der Waals surface area contributed by atoms with E-state index in [9.17, 15) is 10.1 Å². The minimum Gasteiger partial charge on any atom is -0.381 e. The summed E-state index contributed by atoms with van der Waals surface area (Å²) in [6, 6.07) is 16.4. The number of pyridine rings is 1. The van der Waals surface area contributed by atoms with Crippen LogP contribution in [-0.2, 0) is 29.5 Å². The molecule has 4 aromatic rings. The molecule has 1 aliphatic carbocycles. The zero-order chi connectivity index (χ0) is 32.9. The lowest BCUT2D eigenvalue weighted by atomic mass is 9.73. The van der Waals surface area contributed by atoms with E-state index in [4.69, 9.17) is 14.7 Å². The number of benzene rings is 1. The molecule has 1 atom stereocenters. The predicted octanol–water partition coefficient (Wildman–Crippen LogP) is 5.60. The summed E-state index contributed by atoms with van der Waals surface area (Å²) < 4.78 is 7.41. The van der Waals surface area contributed by atoms with Gasteiger partial charge in [0.2, 0.25) is 5.91 Å². The second-order valence-corrected chi connectivity index (χ2v) is 14.0. The lowest BCUT2D eigenvalue weighted by Gasteiger charge is -2.33. The van der Waals surface area contributed by atoms with Crippen LogP contribution in [0.3, 0.4) is 0 Å². The lowest BCUT2D eigenvalue weighted by molar-refractivity contribution is -0.124. The number of nitrogens with one attached hydrogen (secondary N) is 1. The summed E-state index contributed by atoms with van der Waals surface area (Å²) in [5, 5.41) is 17.4. The fourth-order valence-electron chi connectivity index (χ4n) is 7.95. The second-order valence-electron chi connectivity index (χ2n) is 14.0. The van der Waals surface area contributed by atoms with Crippen molar-refractivity contribution in [3.63, 3.8) is 0 Å². The van der Waals surface area contributed by atoms with E-state index in [1.165, 1.54) is 0 Å². The highest BCUT2D eigenvalue weighted by Gasteiger charge is 2.40. The molecule has 1 saturated carbocycles. The third-order valence-electron chi connectivity index (χ3n) is 10.8. The van der Waals surface area contributed by atoms with Crippen LogP contribution in [0.2, 0.25) is 0 Å². The molecule has 1 N–H and O–H groups in total. The largest absolute Gasteiger partial charge is 0.381 e. The van der Waals surface area contributed by atoms with Gasteiger partial charge in [-0.05, 0) is 73.8 Å². The first-order chi connectivity index (χ1) is 23.5. The van der Waals surface area contributed by atoms with Crippen LogP contribution in [0, 0.1) is 28.6 Å². The number of hydrogen-bond acceptors (Lipinski definition) is 8. The molecule has 3 aliphatic rings. The zero-order valence-corrected chi connectivity index (χ0v) is 27.7. The molecule has 7 rings (SSSR count). The van der Waals surface area contributed by atoms with Crippen LogP contribution in [0.5, 0.6) is 0 Å². The topological polar surface area (TPSA) is 122 Å². The van der Waals surface area contributed by atoms with Crippen LogP contribution in [0.1, 0.15) is 73.5 Å². The SMILES string of the molecule is Cn1cc(-c2ccc(C(C(=O)NCc3ccccc3)C3CCC(Cc4ncc(C#N)c(N5CCC6(CCOCC6)C5)n4)CC3)nc2)cn1. The Balaban J connectivity index is 1.03. The summed E-state index contributed by atoms with van der Waals surface area (Å²) in [4.78, 5) is 30.6. The van der Waals surface area contributed by atoms with E-state index in [0.29, 0.717) is 18.0 Å². The van der Waals surface area contributed by atoms with Crippen molar-refractivity contribution in [1.82, 2.24) is 30.0 Å². The average Bonchev–Trinajstić information content (AvgIpc) is 3.75. The van der Waals surface area contributed by atoms with Gasteiger partial charge in [0.1, 0.15) is 23.3 Å². The molecular weight excluding hydrogens is 600 g/mol. The van der Waals surface area contributed by atoms with Crippen molar-refractivity contribution in [3.8, 4) is 17.2 Å². The van der Waals surface area contributed by atoms with Crippen LogP contribution < -0.4 is 10.2 Å². The number of carbonyl (C=O) groups is 1.